The highest BCUT2D eigenvalue weighted by Gasteiger charge is 2.11. The molecular formula is C8H9FO4S. The summed E-state index contributed by atoms with van der Waals surface area (Å²) in [7, 11) is -4.66. The number of rotatable bonds is 3. The van der Waals surface area contributed by atoms with Crippen molar-refractivity contribution in [2.75, 3.05) is 0 Å². The Hall–Kier alpha value is -1.14. The first-order chi connectivity index (χ1) is 6.42. The van der Waals surface area contributed by atoms with Gasteiger partial charge in [-0.2, -0.15) is 8.42 Å². The van der Waals surface area contributed by atoms with Gasteiger partial charge in [-0.05, 0) is 24.1 Å². The summed E-state index contributed by atoms with van der Waals surface area (Å²) in [5.41, 5.74) is 0.713. The second kappa shape index (κ2) is 3.93. The average molecular weight is 220 g/mol. The lowest BCUT2D eigenvalue weighted by molar-refractivity contribution is 0.376. The van der Waals surface area contributed by atoms with Gasteiger partial charge in [-0.3, -0.25) is 4.55 Å². The second-order valence-electron chi connectivity index (χ2n) is 2.63. The largest absolute Gasteiger partial charge is 0.446 e. The highest BCUT2D eigenvalue weighted by atomic mass is 32.3. The third-order valence-corrected chi connectivity index (χ3v) is 1.99. The molecule has 0 fully saturated rings. The number of benzene rings is 1. The second-order valence-corrected chi connectivity index (χ2v) is 3.65. The van der Waals surface area contributed by atoms with Crippen LogP contribution in [0, 0.1) is 5.82 Å². The van der Waals surface area contributed by atoms with Crippen molar-refractivity contribution in [3.8, 4) is 5.75 Å². The molecule has 4 nitrogen and oxygen atoms in total. The molecule has 0 saturated heterocycles. The van der Waals surface area contributed by atoms with E-state index in [2.05, 4.69) is 4.18 Å². The van der Waals surface area contributed by atoms with Crippen LogP contribution in [0.15, 0.2) is 18.2 Å². The van der Waals surface area contributed by atoms with E-state index in [9.17, 15) is 12.8 Å². The summed E-state index contributed by atoms with van der Waals surface area (Å²) in [4.78, 5) is 0. The minimum atomic E-state index is -4.66. The van der Waals surface area contributed by atoms with Crippen LogP contribution in [0.5, 0.6) is 5.75 Å². The van der Waals surface area contributed by atoms with Crippen LogP contribution in [-0.4, -0.2) is 13.0 Å². The molecule has 1 aromatic rings. The van der Waals surface area contributed by atoms with Crippen molar-refractivity contribution >= 4 is 10.4 Å². The summed E-state index contributed by atoms with van der Waals surface area (Å²) in [6.45, 7) is 1.83. The van der Waals surface area contributed by atoms with Gasteiger partial charge in [0.1, 0.15) is 0 Å². The summed E-state index contributed by atoms with van der Waals surface area (Å²) < 4.78 is 45.9. The van der Waals surface area contributed by atoms with Crippen LogP contribution in [0.1, 0.15) is 12.5 Å². The van der Waals surface area contributed by atoms with Gasteiger partial charge in [-0.15, -0.1) is 0 Å². The van der Waals surface area contributed by atoms with Gasteiger partial charge < -0.3 is 4.18 Å². The first-order valence-electron chi connectivity index (χ1n) is 3.87. The lowest BCUT2D eigenvalue weighted by Gasteiger charge is -2.03. The quantitative estimate of drug-likeness (QED) is 0.785. The molecule has 0 atom stereocenters. The molecule has 14 heavy (non-hydrogen) atoms. The Morgan fingerprint density at radius 2 is 2.14 bits per heavy atom. The van der Waals surface area contributed by atoms with Crippen LogP contribution in [0.4, 0.5) is 4.39 Å². The fourth-order valence-electron chi connectivity index (χ4n) is 0.945. The van der Waals surface area contributed by atoms with Gasteiger partial charge in [0.15, 0.2) is 11.6 Å². The molecule has 0 aliphatic carbocycles. The maximum Gasteiger partial charge on any atom is 0.446 e. The summed E-state index contributed by atoms with van der Waals surface area (Å²) in [6.07, 6.45) is 0.628. The summed E-state index contributed by atoms with van der Waals surface area (Å²) >= 11 is 0. The van der Waals surface area contributed by atoms with Crippen LogP contribution in [0.2, 0.25) is 0 Å². The van der Waals surface area contributed by atoms with E-state index in [0.717, 1.165) is 12.1 Å². The predicted octanol–water partition coefficient (Wildman–Crippen LogP) is 1.57. The van der Waals surface area contributed by atoms with Gasteiger partial charge in [0, 0.05) is 0 Å². The minimum Gasteiger partial charge on any atom is -0.359 e. The van der Waals surface area contributed by atoms with Crippen molar-refractivity contribution in [3.05, 3.63) is 29.6 Å². The van der Waals surface area contributed by atoms with E-state index in [1.54, 1.807) is 0 Å². The van der Waals surface area contributed by atoms with E-state index in [0.29, 0.717) is 12.0 Å². The Balaban J connectivity index is 3.01. The van der Waals surface area contributed by atoms with E-state index in [1.165, 1.54) is 6.07 Å². The van der Waals surface area contributed by atoms with Crippen molar-refractivity contribution in [1.82, 2.24) is 0 Å². The van der Waals surface area contributed by atoms with Gasteiger partial charge in [0.25, 0.3) is 0 Å². The summed E-state index contributed by atoms with van der Waals surface area (Å²) in [5, 5.41) is 0. The fraction of sp³-hybridized carbons (Fsp3) is 0.250. The van der Waals surface area contributed by atoms with E-state index in [-0.39, 0.29) is 0 Å². The van der Waals surface area contributed by atoms with Crippen LogP contribution in [0.3, 0.4) is 0 Å². The number of hydrogen-bond acceptors (Lipinski definition) is 3. The fourth-order valence-corrected chi connectivity index (χ4v) is 1.31. The van der Waals surface area contributed by atoms with Gasteiger partial charge in [0.2, 0.25) is 0 Å². The molecule has 78 valence electrons. The normalized spacial score (nSPS) is 11.4. The molecule has 0 amide bonds. The van der Waals surface area contributed by atoms with Gasteiger partial charge in [-0.1, -0.05) is 13.0 Å². The molecule has 0 bridgehead atoms. The zero-order chi connectivity index (χ0) is 10.8. The lowest BCUT2D eigenvalue weighted by Crippen LogP contribution is -2.07. The third-order valence-electron chi connectivity index (χ3n) is 1.60. The molecule has 0 aliphatic rings. The standard InChI is InChI=1S/C8H9FO4S/c1-2-6-3-4-8(7(9)5-6)13-14(10,11)12/h3-5H,2H2,1H3,(H,10,11,12). The molecule has 0 spiro atoms. The van der Waals surface area contributed by atoms with Crippen LogP contribution in [-0.2, 0) is 16.8 Å². The van der Waals surface area contributed by atoms with Gasteiger partial charge in [0.05, 0.1) is 0 Å². The predicted molar refractivity (Wildman–Crippen MR) is 48.0 cm³/mol. The van der Waals surface area contributed by atoms with Crippen molar-refractivity contribution < 1.29 is 21.5 Å². The van der Waals surface area contributed by atoms with Crippen molar-refractivity contribution in [3.63, 3.8) is 0 Å². The maximum absolute atomic E-state index is 13.1. The summed E-state index contributed by atoms with van der Waals surface area (Å²) in [6, 6.07) is 3.83. The van der Waals surface area contributed by atoms with Crippen molar-refractivity contribution in [2.24, 2.45) is 0 Å². The first kappa shape index (κ1) is 10.9. The Morgan fingerprint density at radius 1 is 1.50 bits per heavy atom. The molecule has 0 aliphatic heterocycles. The minimum absolute atomic E-state index is 0.510. The molecule has 1 N–H and O–H groups in total. The molecule has 1 rings (SSSR count). The molecule has 0 unspecified atom stereocenters. The van der Waals surface area contributed by atoms with Crippen LogP contribution >= 0.6 is 0 Å². The Bertz CT molecular complexity index is 427. The zero-order valence-electron chi connectivity index (χ0n) is 7.40. The van der Waals surface area contributed by atoms with Gasteiger partial charge in [-0.25, -0.2) is 4.39 Å². The van der Waals surface area contributed by atoms with E-state index >= 15 is 0 Å². The van der Waals surface area contributed by atoms with E-state index < -0.39 is 22.0 Å². The molecule has 0 radical (unpaired) electrons. The van der Waals surface area contributed by atoms with E-state index in [4.69, 9.17) is 4.55 Å². The smallest absolute Gasteiger partial charge is 0.359 e. The topological polar surface area (TPSA) is 63.6 Å². The lowest BCUT2D eigenvalue weighted by atomic mass is 10.2. The SMILES string of the molecule is CCc1ccc(OS(=O)(=O)O)c(F)c1. The maximum atomic E-state index is 13.1. The highest BCUT2D eigenvalue weighted by molar-refractivity contribution is 7.81. The number of hydrogen-bond donors (Lipinski definition) is 1. The molecular weight excluding hydrogens is 211 g/mol. The Morgan fingerprint density at radius 3 is 2.57 bits per heavy atom. The Labute approximate surface area is 81.3 Å². The summed E-state index contributed by atoms with van der Waals surface area (Å²) in [5.74, 6) is -1.33. The highest BCUT2D eigenvalue weighted by Crippen LogP contribution is 2.19. The molecule has 0 saturated carbocycles. The Kier molecular flexibility index (Phi) is 3.07. The molecule has 6 heteroatoms. The third kappa shape index (κ3) is 2.97. The van der Waals surface area contributed by atoms with E-state index in [1.807, 2.05) is 6.92 Å². The monoisotopic (exact) mass is 220 g/mol. The molecule has 0 aromatic heterocycles. The zero-order valence-corrected chi connectivity index (χ0v) is 8.21. The average Bonchev–Trinajstić information content (AvgIpc) is 2.06. The van der Waals surface area contributed by atoms with Crippen molar-refractivity contribution in [2.45, 2.75) is 13.3 Å². The van der Waals surface area contributed by atoms with Crippen LogP contribution < -0.4 is 4.18 Å². The first-order valence-corrected chi connectivity index (χ1v) is 5.24. The number of halogens is 1. The van der Waals surface area contributed by atoms with Gasteiger partial charge >= 0.3 is 10.4 Å². The van der Waals surface area contributed by atoms with Crippen molar-refractivity contribution in [1.29, 1.82) is 0 Å². The number of aryl methyl sites for hydroxylation is 1. The molecule has 1 aromatic carbocycles. The molecule has 0 heterocycles. The van der Waals surface area contributed by atoms with Crippen LogP contribution in [0.25, 0.3) is 0 Å².